The van der Waals surface area contributed by atoms with Crippen molar-refractivity contribution in [1.82, 2.24) is 19.7 Å². The molecule has 0 unspecified atom stereocenters. The van der Waals surface area contributed by atoms with E-state index in [9.17, 15) is 4.79 Å². The molecule has 5 nitrogen and oxygen atoms in total. The molecule has 0 saturated carbocycles. The molecule has 116 valence electrons. The molecule has 0 radical (unpaired) electrons. The number of carbonyl (C=O) groups excluding carboxylic acids is 1. The van der Waals surface area contributed by atoms with Crippen LogP contribution in [0.3, 0.4) is 0 Å². The minimum absolute atomic E-state index is 0.189. The Balaban J connectivity index is 1.52. The van der Waals surface area contributed by atoms with Gasteiger partial charge in [0.1, 0.15) is 6.33 Å². The molecule has 5 heteroatoms. The molecule has 3 aromatic rings. The fourth-order valence-electron chi connectivity index (χ4n) is 3.13. The van der Waals surface area contributed by atoms with Gasteiger partial charge in [-0.05, 0) is 48.9 Å². The van der Waals surface area contributed by atoms with Gasteiger partial charge >= 0.3 is 0 Å². The molecule has 0 aliphatic heterocycles. The Hall–Kier alpha value is -2.69. The van der Waals surface area contributed by atoms with E-state index in [1.165, 1.54) is 24.0 Å². The van der Waals surface area contributed by atoms with E-state index in [1.807, 2.05) is 19.2 Å². The van der Waals surface area contributed by atoms with Gasteiger partial charge in [-0.3, -0.25) is 9.20 Å². The maximum absolute atomic E-state index is 12.4. The monoisotopic (exact) mass is 306 g/mol. The van der Waals surface area contributed by atoms with Gasteiger partial charge in [-0.1, -0.05) is 18.2 Å². The molecule has 23 heavy (non-hydrogen) atoms. The summed E-state index contributed by atoms with van der Waals surface area (Å²) in [5, 5.41) is 2.95. The Kier molecular flexibility index (Phi) is 3.33. The van der Waals surface area contributed by atoms with Crippen molar-refractivity contribution in [2.75, 3.05) is 0 Å². The summed E-state index contributed by atoms with van der Waals surface area (Å²) in [6.45, 7) is 2.41. The molecule has 2 aromatic heterocycles. The molecule has 2 heterocycles. The summed E-state index contributed by atoms with van der Waals surface area (Å²) >= 11 is 0. The second-order valence-electron chi connectivity index (χ2n) is 6.03. The Morgan fingerprint density at radius 2 is 2.13 bits per heavy atom. The molecule has 1 amide bonds. The lowest BCUT2D eigenvalue weighted by Gasteiger charge is -2.06. The van der Waals surface area contributed by atoms with Gasteiger partial charge in [0.15, 0.2) is 11.3 Å². The number of aryl methyl sites for hydroxylation is 3. The summed E-state index contributed by atoms with van der Waals surface area (Å²) in [5.74, 6) is -0.189. The van der Waals surface area contributed by atoms with Crippen LogP contribution in [-0.4, -0.2) is 20.3 Å². The number of nitrogens with zero attached hydrogens (tertiary/aromatic N) is 3. The first-order chi connectivity index (χ1) is 11.2. The topological polar surface area (TPSA) is 59.3 Å². The Morgan fingerprint density at radius 1 is 1.26 bits per heavy atom. The van der Waals surface area contributed by atoms with Gasteiger partial charge in [0.25, 0.3) is 5.91 Å². The smallest absolute Gasteiger partial charge is 0.274 e. The molecular formula is C18H18N4O. The molecule has 1 aliphatic rings. The van der Waals surface area contributed by atoms with Gasteiger partial charge in [0.2, 0.25) is 0 Å². The summed E-state index contributed by atoms with van der Waals surface area (Å²) < 4.78 is 1.76. The van der Waals surface area contributed by atoms with Crippen molar-refractivity contribution in [2.45, 2.75) is 32.7 Å². The van der Waals surface area contributed by atoms with Gasteiger partial charge in [0.05, 0.1) is 0 Å². The van der Waals surface area contributed by atoms with Gasteiger partial charge in [-0.25, -0.2) is 9.97 Å². The van der Waals surface area contributed by atoms with E-state index < -0.39 is 0 Å². The third-order valence-electron chi connectivity index (χ3n) is 4.36. The Labute approximate surface area is 134 Å². The highest BCUT2D eigenvalue weighted by molar-refractivity contribution is 5.97. The van der Waals surface area contributed by atoms with E-state index in [0.29, 0.717) is 17.9 Å². The fraction of sp³-hybridized carbons (Fsp3) is 0.278. The largest absolute Gasteiger partial charge is 0.347 e. The van der Waals surface area contributed by atoms with Crippen molar-refractivity contribution < 1.29 is 4.79 Å². The highest BCUT2D eigenvalue weighted by Crippen LogP contribution is 2.22. The van der Waals surface area contributed by atoms with E-state index in [1.54, 1.807) is 10.7 Å². The number of aromatic nitrogens is 3. The summed E-state index contributed by atoms with van der Waals surface area (Å²) in [7, 11) is 0. The predicted octanol–water partition coefficient (Wildman–Crippen LogP) is 2.46. The lowest BCUT2D eigenvalue weighted by Crippen LogP contribution is -2.23. The summed E-state index contributed by atoms with van der Waals surface area (Å²) in [5.41, 5.74) is 5.82. The number of carbonyl (C=O) groups is 1. The van der Waals surface area contributed by atoms with Crippen molar-refractivity contribution in [1.29, 1.82) is 0 Å². The van der Waals surface area contributed by atoms with Gasteiger partial charge in [-0.15, -0.1) is 0 Å². The van der Waals surface area contributed by atoms with Crippen LogP contribution in [-0.2, 0) is 19.4 Å². The average Bonchev–Trinajstić information content (AvgIpc) is 3.18. The van der Waals surface area contributed by atoms with Crippen LogP contribution in [0, 0.1) is 6.92 Å². The molecule has 1 aromatic carbocycles. The van der Waals surface area contributed by atoms with Crippen LogP contribution in [0.5, 0.6) is 0 Å². The van der Waals surface area contributed by atoms with Crippen molar-refractivity contribution >= 4 is 11.6 Å². The number of amides is 1. The zero-order valence-corrected chi connectivity index (χ0v) is 13.0. The van der Waals surface area contributed by atoms with Crippen molar-refractivity contribution in [3.63, 3.8) is 0 Å². The van der Waals surface area contributed by atoms with Crippen molar-refractivity contribution in [3.8, 4) is 0 Å². The quantitative estimate of drug-likeness (QED) is 0.808. The normalized spacial score (nSPS) is 13.3. The van der Waals surface area contributed by atoms with Crippen LogP contribution in [0.1, 0.15) is 39.3 Å². The molecule has 0 bridgehead atoms. The first kappa shape index (κ1) is 13.9. The van der Waals surface area contributed by atoms with E-state index in [0.717, 1.165) is 17.7 Å². The summed E-state index contributed by atoms with van der Waals surface area (Å²) in [6, 6.07) is 8.37. The minimum atomic E-state index is -0.189. The maximum atomic E-state index is 12.4. The summed E-state index contributed by atoms with van der Waals surface area (Å²) in [6.07, 6.45) is 7.03. The van der Waals surface area contributed by atoms with Gasteiger partial charge < -0.3 is 5.32 Å². The molecule has 4 rings (SSSR count). The number of benzene rings is 1. The van der Waals surface area contributed by atoms with E-state index in [4.69, 9.17) is 0 Å². The molecule has 1 aliphatic carbocycles. The molecule has 0 saturated heterocycles. The first-order valence-corrected chi connectivity index (χ1v) is 7.90. The minimum Gasteiger partial charge on any atom is -0.347 e. The number of hydrogen-bond donors (Lipinski definition) is 1. The van der Waals surface area contributed by atoms with Crippen molar-refractivity contribution in [3.05, 3.63) is 64.9 Å². The first-order valence-electron chi connectivity index (χ1n) is 7.90. The van der Waals surface area contributed by atoms with E-state index in [2.05, 4.69) is 33.5 Å². The maximum Gasteiger partial charge on any atom is 0.274 e. The number of rotatable bonds is 3. The lowest BCUT2D eigenvalue weighted by molar-refractivity contribution is 0.0948. The van der Waals surface area contributed by atoms with Crippen LogP contribution in [0.25, 0.3) is 5.65 Å². The van der Waals surface area contributed by atoms with E-state index >= 15 is 0 Å². The lowest BCUT2D eigenvalue weighted by atomic mass is 10.1. The van der Waals surface area contributed by atoms with Gasteiger partial charge in [0, 0.05) is 18.4 Å². The Morgan fingerprint density at radius 3 is 3.04 bits per heavy atom. The van der Waals surface area contributed by atoms with Crippen molar-refractivity contribution in [2.24, 2.45) is 0 Å². The van der Waals surface area contributed by atoms with Crippen LogP contribution in [0.15, 0.2) is 36.8 Å². The fourth-order valence-corrected chi connectivity index (χ4v) is 3.13. The molecule has 1 N–H and O–H groups in total. The number of fused-ring (bicyclic) bond motifs is 2. The summed E-state index contributed by atoms with van der Waals surface area (Å²) in [4.78, 5) is 21.0. The third kappa shape index (κ3) is 2.59. The highest BCUT2D eigenvalue weighted by atomic mass is 16.1. The zero-order valence-electron chi connectivity index (χ0n) is 13.0. The molecule has 0 spiro atoms. The second-order valence-corrected chi connectivity index (χ2v) is 6.03. The second kappa shape index (κ2) is 5.50. The third-order valence-corrected chi connectivity index (χ3v) is 4.36. The average molecular weight is 306 g/mol. The molecular weight excluding hydrogens is 288 g/mol. The van der Waals surface area contributed by atoms with E-state index in [-0.39, 0.29) is 5.91 Å². The number of hydrogen-bond acceptors (Lipinski definition) is 3. The highest BCUT2D eigenvalue weighted by Gasteiger charge is 2.15. The SMILES string of the molecule is Cc1ccn2cnc(C(=O)NCc3ccc4c(c3)CCC4)c2n1. The number of nitrogens with one attached hydrogen (secondary N) is 1. The van der Waals surface area contributed by atoms with Crippen LogP contribution in [0.2, 0.25) is 0 Å². The predicted molar refractivity (Wildman–Crippen MR) is 87.4 cm³/mol. The van der Waals surface area contributed by atoms with Gasteiger partial charge in [-0.2, -0.15) is 0 Å². The van der Waals surface area contributed by atoms with Crippen LogP contribution in [0.4, 0.5) is 0 Å². The number of imidazole rings is 1. The van der Waals surface area contributed by atoms with Crippen LogP contribution < -0.4 is 5.32 Å². The van der Waals surface area contributed by atoms with Crippen LogP contribution >= 0.6 is 0 Å². The zero-order chi connectivity index (χ0) is 15.8. The Bertz CT molecular complexity index is 897. The molecule has 0 fully saturated rings. The molecule has 0 atom stereocenters. The standard InChI is InChI=1S/C18H18N4O/c1-12-7-8-22-11-20-16(17(22)21-12)18(23)19-10-13-5-6-14-3-2-4-15(14)9-13/h5-9,11H,2-4,10H2,1H3,(H,19,23).